The Kier molecular flexibility index (Phi) is 5.22. The van der Waals surface area contributed by atoms with Gasteiger partial charge in [-0.15, -0.1) is 0 Å². The summed E-state index contributed by atoms with van der Waals surface area (Å²) in [5, 5.41) is 11.8. The van der Waals surface area contributed by atoms with Crippen LogP contribution in [0.3, 0.4) is 0 Å². The number of hydrogen-bond acceptors (Lipinski definition) is 4. The lowest BCUT2D eigenvalue weighted by atomic mass is 10.2. The van der Waals surface area contributed by atoms with Gasteiger partial charge in [0.1, 0.15) is 10.8 Å². The molecule has 8 heteroatoms. The second kappa shape index (κ2) is 7.97. The molecule has 0 aliphatic heterocycles. The van der Waals surface area contributed by atoms with Crippen LogP contribution in [0.25, 0.3) is 0 Å². The number of amides is 1. The minimum absolute atomic E-state index is 0.190. The van der Waals surface area contributed by atoms with Crippen LogP contribution in [0.5, 0.6) is 0 Å². The normalized spacial score (nSPS) is 11.0. The number of aromatic nitrogens is 4. The summed E-state index contributed by atoms with van der Waals surface area (Å²) in [5.41, 5.74) is 3.05. The molecule has 29 heavy (non-hydrogen) atoms. The first kappa shape index (κ1) is 19.0. The predicted molar refractivity (Wildman–Crippen MR) is 110 cm³/mol. The predicted octanol–water partition coefficient (Wildman–Crippen LogP) is 4.29. The van der Waals surface area contributed by atoms with E-state index < -0.39 is 5.91 Å². The van der Waals surface area contributed by atoms with Crippen LogP contribution < -0.4 is 5.32 Å². The van der Waals surface area contributed by atoms with E-state index >= 15 is 0 Å². The van der Waals surface area contributed by atoms with Crippen LogP contribution in [0.2, 0.25) is 5.02 Å². The number of furan rings is 1. The van der Waals surface area contributed by atoms with E-state index in [4.69, 9.17) is 16.0 Å². The number of anilines is 1. The first-order valence-corrected chi connectivity index (χ1v) is 9.54. The molecule has 1 aromatic carbocycles. The van der Waals surface area contributed by atoms with Crippen LogP contribution in [-0.2, 0) is 13.1 Å². The lowest BCUT2D eigenvalue weighted by Crippen LogP contribution is -2.12. The van der Waals surface area contributed by atoms with Crippen LogP contribution in [0.1, 0.15) is 33.3 Å². The van der Waals surface area contributed by atoms with E-state index in [9.17, 15) is 4.79 Å². The molecular weight excluding hydrogens is 390 g/mol. The summed E-state index contributed by atoms with van der Waals surface area (Å²) in [5.74, 6) is 0.720. The molecule has 0 aliphatic carbocycles. The van der Waals surface area contributed by atoms with Crippen LogP contribution in [-0.4, -0.2) is 25.5 Å². The third kappa shape index (κ3) is 4.41. The van der Waals surface area contributed by atoms with Crippen molar-refractivity contribution in [2.24, 2.45) is 0 Å². The number of hydrogen-bond donors (Lipinski definition) is 1. The van der Waals surface area contributed by atoms with E-state index in [2.05, 4.69) is 15.5 Å². The smallest absolute Gasteiger partial charge is 0.292 e. The summed E-state index contributed by atoms with van der Waals surface area (Å²) in [6.45, 7) is 4.93. The van der Waals surface area contributed by atoms with E-state index in [0.717, 1.165) is 17.0 Å². The van der Waals surface area contributed by atoms with Gasteiger partial charge in [0, 0.05) is 11.9 Å². The average Bonchev–Trinajstić information content (AvgIpc) is 3.37. The van der Waals surface area contributed by atoms with E-state index in [1.54, 1.807) is 23.0 Å². The summed E-state index contributed by atoms with van der Waals surface area (Å²) in [6.07, 6.45) is 1.68. The number of carbonyl (C=O) groups is 1. The number of nitrogens with zero attached hydrogens (tertiary/aromatic N) is 4. The molecule has 1 N–H and O–H groups in total. The number of benzene rings is 1. The van der Waals surface area contributed by atoms with Gasteiger partial charge < -0.3 is 9.73 Å². The Labute approximate surface area is 172 Å². The van der Waals surface area contributed by atoms with E-state index in [1.165, 1.54) is 0 Å². The molecule has 4 rings (SSSR count). The third-order valence-corrected chi connectivity index (χ3v) is 4.71. The quantitative estimate of drug-likeness (QED) is 0.515. The first-order chi connectivity index (χ1) is 14.0. The molecule has 0 unspecified atom stereocenters. The molecule has 4 aromatic rings. The van der Waals surface area contributed by atoms with Crippen molar-refractivity contribution in [3.05, 3.63) is 88.2 Å². The lowest BCUT2D eigenvalue weighted by molar-refractivity contribution is 0.0994. The van der Waals surface area contributed by atoms with Crippen molar-refractivity contribution in [2.45, 2.75) is 26.9 Å². The molecule has 148 valence electrons. The van der Waals surface area contributed by atoms with Gasteiger partial charge in [0.15, 0.2) is 11.6 Å². The van der Waals surface area contributed by atoms with Crippen LogP contribution in [0.4, 0.5) is 5.82 Å². The molecule has 0 radical (unpaired) electrons. The van der Waals surface area contributed by atoms with E-state index in [1.807, 2.05) is 54.9 Å². The van der Waals surface area contributed by atoms with Crippen molar-refractivity contribution < 1.29 is 9.21 Å². The van der Waals surface area contributed by atoms with Gasteiger partial charge in [-0.1, -0.05) is 41.9 Å². The largest absolute Gasteiger partial charge is 0.454 e. The molecule has 0 saturated carbocycles. The first-order valence-electron chi connectivity index (χ1n) is 9.16. The zero-order valence-corrected chi connectivity index (χ0v) is 16.8. The molecule has 0 fully saturated rings. The van der Waals surface area contributed by atoms with Gasteiger partial charge in [0.05, 0.1) is 18.8 Å². The third-order valence-electron chi connectivity index (χ3n) is 4.43. The summed E-state index contributed by atoms with van der Waals surface area (Å²) in [6, 6.07) is 15.3. The minimum atomic E-state index is -0.406. The highest BCUT2D eigenvalue weighted by atomic mass is 35.5. The maximum atomic E-state index is 12.5. The Hall–Kier alpha value is -3.32. The number of aryl methyl sites for hydroxylation is 2. The molecule has 7 nitrogen and oxygen atoms in total. The molecular formula is C21H20ClN5O2. The zero-order valence-electron chi connectivity index (χ0n) is 16.1. The fraction of sp³-hybridized carbons (Fsp3) is 0.190. The van der Waals surface area contributed by atoms with Gasteiger partial charge in [-0.2, -0.15) is 10.2 Å². The van der Waals surface area contributed by atoms with Crippen molar-refractivity contribution in [1.82, 2.24) is 19.6 Å². The highest BCUT2D eigenvalue weighted by Gasteiger charge is 2.16. The van der Waals surface area contributed by atoms with Crippen LogP contribution in [0, 0.1) is 13.8 Å². The average molecular weight is 410 g/mol. The molecule has 3 aromatic heterocycles. The Morgan fingerprint density at radius 2 is 1.90 bits per heavy atom. The Morgan fingerprint density at radius 1 is 1.10 bits per heavy atom. The second-order valence-electron chi connectivity index (χ2n) is 6.81. The highest BCUT2D eigenvalue weighted by Crippen LogP contribution is 2.21. The van der Waals surface area contributed by atoms with Gasteiger partial charge in [-0.05, 0) is 37.6 Å². The maximum absolute atomic E-state index is 12.5. The van der Waals surface area contributed by atoms with Crippen LogP contribution in [0.15, 0.2) is 59.1 Å². The molecule has 0 saturated heterocycles. The van der Waals surface area contributed by atoms with Gasteiger partial charge in [0.25, 0.3) is 5.91 Å². The standard InChI is InChI=1S/C21H20ClN5O2/c1-14-10-15(2)27(24-14)12-17-8-9-19(29-17)21(28)23-20-18(22)13-26(25-20)11-16-6-4-3-5-7-16/h3-10,13H,11-12H2,1-2H3,(H,23,25,28). The summed E-state index contributed by atoms with van der Waals surface area (Å²) >= 11 is 6.23. The molecule has 3 heterocycles. The maximum Gasteiger partial charge on any atom is 0.292 e. The van der Waals surface area contributed by atoms with Gasteiger partial charge in [-0.25, -0.2) is 0 Å². The Bertz CT molecular complexity index is 1140. The Morgan fingerprint density at radius 3 is 2.62 bits per heavy atom. The van der Waals surface area contributed by atoms with E-state index in [0.29, 0.717) is 29.7 Å². The molecule has 0 bridgehead atoms. The Balaban J connectivity index is 1.43. The van der Waals surface area contributed by atoms with Crippen molar-refractivity contribution in [3.63, 3.8) is 0 Å². The molecule has 0 atom stereocenters. The number of rotatable bonds is 6. The molecule has 0 spiro atoms. The SMILES string of the molecule is Cc1cc(C)n(Cc2ccc(C(=O)Nc3nn(Cc4ccccc4)cc3Cl)o2)n1. The number of halogens is 1. The van der Waals surface area contributed by atoms with Gasteiger partial charge in [0.2, 0.25) is 0 Å². The lowest BCUT2D eigenvalue weighted by Gasteiger charge is -2.03. The van der Waals surface area contributed by atoms with Gasteiger partial charge in [-0.3, -0.25) is 14.2 Å². The molecule has 0 aliphatic rings. The van der Waals surface area contributed by atoms with Crippen molar-refractivity contribution in [1.29, 1.82) is 0 Å². The topological polar surface area (TPSA) is 77.9 Å². The summed E-state index contributed by atoms with van der Waals surface area (Å²) in [4.78, 5) is 12.5. The van der Waals surface area contributed by atoms with Crippen molar-refractivity contribution in [3.8, 4) is 0 Å². The monoisotopic (exact) mass is 409 g/mol. The second-order valence-corrected chi connectivity index (χ2v) is 7.22. The number of nitrogens with one attached hydrogen (secondary N) is 1. The number of carbonyl (C=O) groups excluding carboxylic acids is 1. The zero-order chi connectivity index (χ0) is 20.4. The van der Waals surface area contributed by atoms with E-state index in [-0.39, 0.29) is 5.76 Å². The molecule has 1 amide bonds. The fourth-order valence-corrected chi connectivity index (χ4v) is 3.27. The highest BCUT2D eigenvalue weighted by molar-refractivity contribution is 6.33. The van der Waals surface area contributed by atoms with Crippen molar-refractivity contribution >= 4 is 23.3 Å². The minimum Gasteiger partial charge on any atom is -0.454 e. The van der Waals surface area contributed by atoms with Crippen molar-refractivity contribution in [2.75, 3.05) is 5.32 Å². The summed E-state index contributed by atoms with van der Waals surface area (Å²) in [7, 11) is 0. The fourth-order valence-electron chi connectivity index (χ4n) is 3.07. The van der Waals surface area contributed by atoms with Crippen LogP contribution >= 0.6 is 11.6 Å². The van der Waals surface area contributed by atoms with Gasteiger partial charge >= 0.3 is 0 Å². The summed E-state index contributed by atoms with van der Waals surface area (Å²) < 4.78 is 9.19.